The molecule has 0 aliphatic heterocycles. The summed E-state index contributed by atoms with van der Waals surface area (Å²) in [5.41, 5.74) is 5.82. The molecule has 1 aliphatic rings. The van der Waals surface area contributed by atoms with E-state index in [1.807, 2.05) is 6.08 Å². The standard InChI is InChI=1S/C21H26/c1-5-7-18(8-6-2)11-13-21(4)14-12-19-15-17(3)9-10-20(19)16-21/h5-10,12,14-15H,1,11,13,16H2,2-4H3/b8-6-,18-7+. The Kier molecular flexibility index (Phi) is 5.01. The molecule has 0 bridgehead atoms. The van der Waals surface area contributed by atoms with Gasteiger partial charge >= 0.3 is 0 Å². The minimum atomic E-state index is 0.254. The van der Waals surface area contributed by atoms with Crippen molar-refractivity contribution in [3.05, 3.63) is 77.4 Å². The van der Waals surface area contributed by atoms with E-state index in [1.54, 1.807) is 0 Å². The summed E-state index contributed by atoms with van der Waals surface area (Å²) in [7, 11) is 0. The van der Waals surface area contributed by atoms with Gasteiger partial charge < -0.3 is 0 Å². The van der Waals surface area contributed by atoms with Crippen molar-refractivity contribution in [3.63, 3.8) is 0 Å². The van der Waals surface area contributed by atoms with Crippen molar-refractivity contribution in [2.45, 2.75) is 40.0 Å². The van der Waals surface area contributed by atoms with Gasteiger partial charge in [0.25, 0.3) is 0 Å². The molecule has 0 heteroatoms. The number of rotatable bonds is 5. The maximum Gasteiger partial charge on any atom is -0.00995 e. The second kappa shape index (κ2) is 6.76. The van der Waals surface area contributed by atoms with Crippen LogP contribution in [-0.4, -0.2) is 0 Å². The molecule has 110 valence electrons. The minimum absolute atomic E-state index is 0.254. The SMILES string of the molecule is C=C/C=C(\C=C/C)CCC1(C)C=Cc2cc(C)ccc2C1. The average Bonchev–Trinajstić information content (AvgIpc) is 2.46. The number of aryl methyl sites for hydroxylation is 1. The van der Waals surface area contributed by atoms with E-state index in [4.69, 9.17) is 0 Å². The van der Waals surface area contributed by atoms with Gasteiger partial charge in [0.05, 0.1) is 0 Å². The van der Waals surface area contributed by atoms with E-state index < -0.39 is 0 Å². The molecule has 0 saturated carbocycles. The predicted molar refractivity (Wildman–Crippen MR) is 94.4 cm³/mol. The number of hydrogen-bond donors (Lipinski definition) is 0. The van der Waals surface area contributed by atoms with Crippen LogP contribution in [0.25, 0.3) is 6.08 Å². The molecule has 0 aromatic heterocycles. The fraction of sp³-hybridized carbons (Fsp3) is 0.333. The first-order chi connectivity index (χ1) is 10.1. The van der Waals surface area contributed by atoms with Crippen molar-refractivity contribution in [2.75, 3.05) is 0 Å². The summed E-state index contributed by atoms with van der Waals surface area (Å²) in [6.45, 7) is 10.4. The summed E-state index contributed by atoms with van der Waals surface area (Å²) >= 11 is 0. The van der Waals surface area contributed by atoms with E-state index in [1.165, 1.54) is 28.7 Å². The van der Waals surface area contributed by atoms with E-state index in [9.17, 15) is 0 Å². The first-order valence-electron chi connectivity index (χ1n) is 7.79. The third kappa shape index (κ3) is 4.07. The van der Waals surface area contributed by atoms with Gasteiger partial charge in [0.1, 0.15) is 0 Å². The van der Waals surface area contributed by atoms with Crippen molar-refractivity contribution >= 4 is 6.08 Å². The molecule has 1 aromatic carbocycles. The first-order valence-corrected chi connectivity index (χ1v) is 7.79. The smallest absolute Gasteiger partial charge is 0.00995 e. The fourth-order valence-corrected chi connectivity index (χ4v) is 3.00. The van der Waals surface area contributed by atoms with Crippen LogP contribution in [0.2, 0.25) is 0 Å². The Labute approximate surface area is 129 Å². The third-order valence-electron chi connectivity index (χ3n) is 4.26. The van der Waals surface area contributed by atoms with Gasteiger partial charge in [-0.1, -0.05) is 73.7 Å². The van der Waals surface area contributed by atoms with E-state index in [2.05, 4.69) is 75.9 Å². The van der Waals surface area contributed by atoms with Crippen LogP contribution in [0.3, 0.4) is 0 Å². The molecular weight excluding hydrogens is 252 g/mol. The predicted octanol–water partition coefficient (Wildman–Crippen LogP) is 6.04. The zero-order chi connectivity index (χ0) is 15.3. The molecule has 0 spiro atoms. The molecule has 0 nitrogen and oxygen atoms in total. The molecule has 0 radical (unpaired) electrons. The van der Waals surface area contributed by atoms with Crippen LogP contribution in [0.5, 0.6) is 0 Å². The van der Waals surface area contributed by atoms with Gasteiger partial charge in [0.2, 0.25) is 0 Å². The maximum atomic E-state index is 3.81. The van der Waals surface area contributed by atoms with Crippen molar-refractivity contribution in [1.82, 2.24) is 0 Å². The molecule has 0 heterocycles. The first kappa shape index (κ1) is 15.6. The largest absolute Gasteiger partial charge is 0.0991 e. The molecule has 1 unspecified atom stereocenters. The van der Waals surface area contributed by atoms with Crippen LogP contribution >= 0.6 is 0 Å². The lowest BCUT2D eigenvalue weighted by Gasteiger charge is -2.31. The molecule has 21 heavy (non-hydrogen) atoms. The second-order valence-electron chi connectivity index (χ2n) is 6.34. The zero-order valence-corrected chi connectivity index (χ0v) is 13.5. The number of hydrogen-bond acceptors (Lipinski definition) is 0. The Morgan fingerprint density at radius 3 is 2.90 bits per heavy atom. The van der Waals surface area contributed by atoms with Gasteiger partial charge in [-0.2, -0.15) is 0 Å². The highest BCUT2D eigenvalue weighted by Gasteiger charge is 2.25. The molecule has 0 N–H and O–H groups in total. The zero-order valence-electron chi connectivity index (χ0n) is 13.5. The van der Waals surface area contributed by atoms with E-state index >= 15 is 0 Å². The molecule has 0 fully saturated rings. The Hall–Kier alpha value is -1.82. The van der Waals surface area contributed by atoms with Gasteiger partial charge in [0.15, 0.2) is 0 Å². The fourth-order valence-electron chi connectivity index (χ4n) is 3.00. The third-order valence-corrected chi connectivity index (χ3v) is 4.26. The lowest BCUT2D eigenvalue weighted by molar-refractivity contribution is 0.388. The lowest BCUT2D eigenvalue weighted by atomic mass is 9.74. The van der Waals surface area contributed by atoms with Gasteiger partial charge in [-0.3, -0.25) is 0 Å². The van der Waals surface area contributed by atoms with Crippen molar-refractivity contribution in [2.24, 2.45) is 5.41 Å². The van der Waals surface area contributed by atoms with E-state index in [0.29, 0.717) is 0 Å². The normalized spacial score (nSPS) is 21.6. The van der Waals surface area contributed by atoms with Gasteiger partial charge in [-0.25, -0.2) is 0 Å². The highest BCUT2D eigenvalue weighted by molar-refractivity contribution is 5.58. The topological polar surface area (TPSA) is 0 Å². The molecule has 1 aromatic rings. The quantitative estimate of drug-likeness (QED) is 0.576. The minimum Gasteiger partial charge on any atom is -0.0991 e. The Morgan fingerprint density at radius 1 is 1.38 bits per heavy atom. The van der Waals surface area contributed by atoms with Crippen molar-refractivity contribution in [1.29, 1.82) is 0 Å². The van der Waals surface area contributed by atoms with Crippen LogP contribution in [0, 0.1) is 12.3 Å². The van der Waals surface area contributed by atoms with Crippen LogP contribution in [0.1, 0.15) is 43.4 Å². The van der Waals surface area contributed by atoms with Crippen LogP contribution in [0.15, 0.2) is 60.7 Å². The van der Waals surface area contributed by atoms with Crippen LogP contribution in [-0.2, 0) is 6.42 Å². The summed E-state index contributed by atoms with van der Waals surface area (Å²) in [6, 6.07) is 6.80. The lowest BCUT2D eigenvalue weighted by Crippen LogP contribution is -2.20. The molecule has 0 amide bonds. The van der Waals surface area contributed by atoms with Crippen molar-refractivity contribution in [3.8, 4) is 0 Å². The summed E-state index contributed by atoms with van der Waals surface area (Å²) in [6.07, 6.45) is 16.4. The molecule has 0 saturated heterocycles. The summed E-state index contributed by atoms with van der Waals surface area (Å²) in [4.78, 5) is 0. The van der Waals surface area contributed by atoms with Crippen LogP contribution < -0.4 is 0 Å². The number of allylic oxidation sites excluding steroid dienone is 6. The molecular formula is C21H26. The monoisotopic (exact) mass is 278 g/mol. The maximum absolute atomic E-state index is 3.81. The summed E-state index contributed by atoms with van der Waals surface area (Å²) in [5.74, 6) is 0. The van der Waals surface area contributed by atoms with Gasteiger partial charge in [-0.15, -0.1) is 0 Å². The van der Waals surface area contributed by atoms with E-state index in [-0.39, 0.29) is 5.41 Å². The second-order valence-corrected chi connectivity index (χ2v) is 6.34. The summed E-state index contributed by atoms with van der Waals surface area (Å²) in [5, 5.41) is 0. The van der Waals surface area contributed by atoms with Crippen molar-refractivity contribution < 1.29 is 0 Å². The molecule has 1 aliphatic carbocycles. The Bertz CT molecular complexity index is 598. The highest BCUT2D eigenvalue weighted by atomic mass is 14.3. The number of benzene rings is 1. The van der Waals surface area contributed by atoms with E-state index in [0.717, 1.165) is 12.8 Å². The Balaban J connectivity index is 2.10. The average molecular weight is 278 g/mol. The molecule has 1 atom stereocenters. The summed E-state index contributed by atoms with van der Waals surface area (Å²) < 4.78 is 0. The highest BCUT2D eigenvalue weighted by Crippen LogP contribution is 2.37. The Morgan fingerprint density at radius 2 is 2.19 bits per heavy atom. The van der Waals surface area contributed by atoms with Gasteiger partial charge in [0, 0.05) is 0 Å². The molecule has 2 rings (SSSR count). The van der Waals surface area contributed by atoms with Gasteiger partial charge in [-0.05, 0) is 55.2 Å². The number of fused-ring (bicyclic) bond motifs is 1. The van der Waals surface area contributed by atoms with Crippen LogP contribution in [0.4, 0.5) is 0 Å².